The first-order chi connectivity index (χ1) is 19.5. The summed E-state index contributed by atoms with van der Waals surface area (Å²) in [5.41, 5.74) is 0.316. The second-order valence-corrected chi connectivity index (χ2v) is 10.9. The largest absolute Gasteiger partial charge is 0.490 e. The molecule has 2 aromatic carbocycles. The van der Waals surface area contributed by atoms with Gasteiger partial charge >= 0.3 is 0 Å². The van der Waals surface area contributed by atoms with Gasteiger partial charge in [0.05, 0.1) is 35.0 Å². The Kier molecular flexibility index (Phi) is 10.1. The van der Waals surface area contributed by atoms with Crippen molar-refractivity contribution in [3.8, 4) is 5.75 Å². The molecule has 0 saturated carbocycles. The van der Waals surface area contributed by atoms with Crippen molar-refractivity contribution in [1.82, 2.24) is 19.8 Å². The molecule has 12 heteroatoms. The number of fused-ring (bicyclic) bond motifs is 1. The second-order valence-electron chi connectivity index (χ2n) is 10.5. The smallest absolute Gasteiger partial charge is 0.248 e. The van der Waals surface area contributed by atoms with Crippen LogP contribution in [0.25, 0.3) is 10.9 Å². The van der Waals surface area contributed by atoms with Crippen molar-refractivity contribution in [3.63, 3.8) is 0 Å². The molecule has 1 aliphatic heterocycles. The van der Waals surface area contributed by atoms with Gasteiger partial charge in [-0.2, -0.15) is 0 Å². The van der Waals surface area contributed by atoms with Gasteiger partial charge in [-0.25, -0.2) is 14.4 Å². The van der Waals surface area contributed by atoms with Gasteiger partial charge in [-0.15, -0.1) is 0 Å². The van der Waals surface area contributed by atoms with Gasteiger partial charge < -0.3 is 30.1 Å². The first-order valence-corrected chi connectivity index (χ1v) is 13.7. The van der Waals surface area contributed by atoms with E-state index in [2.05, 4.69) is 25.5 Å². The number of carbonyl (C=O) groups excluding carboxylic acids is 1. The van der Waals surface area contributed by atoms with Gasteiger partial charge in [0.15, 0.2) is 0 Å². The minimum atomic E-state index is -1.36. The van der Waals surface area contributed by atoms with Crippen molar-refractivity contribution in [2.75, 3.05) is 70.7 Å². The third kappa shape index (κ3) is 8.34. The van der Waals surface area contributed by atoms with E-state index >= 15 is 0 Å². The lowest BCUT2D eigenvalue weighted by Crippen LogP contribution is -2.38. The molecule has 0 spiro atoms. The maximum atomic E-state index is 14.3. The molecule has 41 heavy (non-hydrogen) atoms. The zero-order chi connectivity index (χ0) is 29.6. The summed E-state index contributed by atoms with van der Waals surface area (Å²) in [5, 5.41) is 17.2. The first kappa shape index (κ1) is 30.6. The van der Waals surface area contributed by atoms with Gasteiger partial charge in [0.25, 0.3) is 0 Å². The summed E-state index contributed by atoms with van der Waals surface area (Å²) in [6.45, 7) is 7.89. The third-order valence-electron chi connectivity index (χ3n) is 6.48. The van der Waals surface area contributed by atoms with E-state index in [1.54, 1.807) is 32.1 Å². The lowest BCUT2D eigenvalue weighted by Gasteiger charge is -2.26. The van der Waals surface area contributed by atoms with Crippen molar-refractivity contribution in [2.24, 2.45) is 0 Å². The van der Waals surface area contributed by atoms with Crippen LogP contribution in [0.15, 0.2) is 42.7 Å². The molecule has 1 fully saturated rings. The average Bonchev–Trinajstić information content (AvgIpc) is 2.91. The number of morpholine rings is 1. The molecule has 3 aromatic rings. The molecule has 1 amide bonds. The second kappa shape index (κ2) is 13.5. The number of rotatable bonds is 11. The summed E-state index contributed by atoms with van der Waals surface area (Å²) in [6.07, 6.45) is 4.62. The number of nitrogens with one attached hydrogen (secondary N) is 2. The van der Waals surface area contributed by atoms with Crippen molar-refractivity contribution < 1.29 is 23.8 Å². The fraction of sp³-hybridized carbons (Fsp3) is 0.414. The van der Waals surface area contributed by atoms with Crippen LogP contribution in [0, 0.1) is 5.82 Å². The number of carbonyl (C=O) groups is 1. The van der Waals surface area contributed by atoms with E-state index < -0.39 is 11.4 Å². The molecule has 4 rings (SSSR count). The van der Waals surface area contributed by atoms with E-state index in [-0.39, 0.29) is 10.9 Å². The van der Waals surface area contributed by atoms with Gasteiger partial charge in [-0.05, 0) is 46.1 Å². The fourth-order valence-electron chi connectivity index (χ4n) is 4.34. The van der Waals surface area contributed by atoms with Crippen LogP contribution in [-0.4, -0.2) is 90.9 Å². The van der Waals surface area contributed by atoms with E-state index in [0.717, 1.165) is 13.1 Å². The number of aromatic nitrogens is 2. The van der Waals surface area contributed by atoms with E-state index in [4.69, 9.17) is 21.1 Å². The Bertz CT molecular complexity index is 1410. The fourth-order valence-corrected chi connectivity index (χ4v) is 4.50. The molecule has 1 aliphatic rings. The Hall–Kier alpha value is -3.35. The van der Waals surface area contributed by atoms with Gasteiger partial charge in [0.1, 0.15) is 30.3 Å². The molecule has 10 nitrogen and oxygen atoms in total. The van der Waals surface area contributed by atoms with E-state index in [9.17, 15) is 14.3 Å². The van der Waals surface area contributed by atoms with Crippen LogP contribution in [0.2, 0.25) is 5.02 Å². The number of hydrogen-bond acceptors (Lipinski definition) is 9. The summed E-state index contributed by atoms with van der Waals surface area (Å²) in [5.74, 6) is -0.119. The maximum Gasteiger partial charge on any atom is 0.248 e. The standard InChI is InChI=1S/C29H36ClFN6O4/c1-29(2,39)20-15-22(31)21(30)16-24(20)35-28-19-14-25(34-27(38)6-5-7-36(3)4)26(17-23(19)32-18-33-28)41-13-10-37-8-11-40-12-9-37/h5-6,14-18,39H,7-13H2,1-4H3,(H,34,38)(H,32,33,35). The molecule has 0 aliphatic carbocycles. The van der Waals surface area contributed by atoms with Crippen LogP contribution in [0.1, 0.15) is 19.4 Å². The number of aliphatic hydroxyl groups is 1. The Balaban J connectivity index is 1.68. The lowest BCUT2D eigenvalue weighted by molar-refractivity contribution is -0.111. The number of benzene rings is 2. The minimum absolute atomic E-state index is 0.104. The minimum Gasteiger partial charge on any atom is -0.490 e. The van der Waals surface area contributed by atoms with E-state index in [1.165, 1.54) is 24.5 Å². The Morgan fingerprint density at radius 2 is 1.98 bits per heavy atom. The number of halogens is 2. The van der Waals surface area contributed by atoms with Crippen molar-refractivity contribution in [1.29, 1.82) is 0 Å². The highest BCUT2D eigenvalue weighted by Gasteiger charge is 2.23. The summed E-state index contributed by atoms with van der Waals surface area (Å²) >= 11 is 6.08. The lowest BCUT2D eigenvalue weighted by atomic mass is 9.96. The first-order valence-electron chi connectivity index (χ1n) is 13.3. The number of nitrogens with zero attached hydrogens (tertiary/aromatic N) is 4. The highest BCUT2D eigenvalue weighted by Crippen LogP contribution is 2.37. The van der Waals surface area contributed by atoms with Gasteiger partial charge in [0, 0.05) is 55.0 Å². The summed E-state index contributed by atoms with van der Waals surface area (Å²) < 4.78 is 25.8. The zero-order valence-corrected chi connectivity index (χ0v) is 24.5. The summed E-state index contributed by atoms with van der Waals surface area (Å²) in [4.78, 5) is 25.8. The number of anilines is 3. The Labute approximate surface area is 244 Å². The van der Waals surface area contributed by atoms with Gasteiger partial charge in [0.2, 0.25) is 5.91 Å². The molecular weight excluding hydrogens is 551 g/mol. The molecule has 1 aromatic heterocycles. The maximum absolute atomic E-state index is 14.3. The van der Waals surface area contributed by atoms with Crippen LogP contribution >= 0.6 is 11.6 Å². The van der Waals surface area contributed by atoms with Crippen molar-refractivity contribution in [3.05, 3.63) is 59.1 Å². The highest BCUT2D eigenvalue weighted by atomic mass is 35.5. The number of ether oxygens (including phenoxy) is 2. The topological polar surface area (TPSA) is 112 Å². The highest BCUT2D eigenvalue weighted by molar-refractivity contribution is 6.31. The molecule has 3 N–H and O–H groups in total. The molecule has 2 heterocycles. The Morgan fingerprint density at radius 3 is 2.68 bits per heavy atom. The molecule has 0 unspecified atom stereocenters. The number of hydrogen-bond donors (Lipinski definition) is 3. The molecule has 0 atom stereocenters. The van der Waals surface area contributed by atoms with Crippen LogP contribution in [0.5, 0.6) is 5.75 Å². The predicted molar refractivity (Wildman–Crippen MR) is 159 cm³/mol. The predicted octanol–water partition coefficient (Wildman–Crippen LogP) is 4.16. The van der Waals surface area contributed by atoms with Crippen LogP contribution in [0.4, 0.5) is 21.6 Å². The third-order valence-corrected chi connectivity index (χ3v) is 6.77. The summed E-state index contributed by atoms with van der Waals surface area (Å²) in [7, 11) is 3.83. The van der Waals surface area contributed by atoms with Crippen LogP contribution in [-0.2, 0) is 15.1 Å². The Morgan fingerprint density at radius 1 is 1.22 bits per heavy atom. The molecular formula is C29H36ClFN6O4. The van der Waals surface area contributed by atoms with Crippen LogP contribution in [0.3, 0.4) is 0 Å². The van der Waals surface area contributed by atoms with Gasteiger partial charge in [-0.3, -0.25) is 9.69 Å². The molecule has 0 radical (unpaired) electrons. The van der Waals surface area contributed by atoms with E-state index in [0.29, 0.717) is 72.3 Å². The average molecular weight is 587 g/mol. The quantitative estimate of drug-likeness (QED) is 0.285. The normalized spacial score (nSPS) is 14.6. The molecule has 1 saturated heterocycles. The molecule has 0 bridgehead atoms. The van der Waals surface area contributed by atoms with Crippen molar-refractivity contribution >= 4 is 45.6 Å². The SMILES string of the molecule is CN(C)CC=CC(=O)Nc1cc2c(Nc3cc(Cl)c(F)cc3C(C)(C)O)ncnc2cc1OCCN1CCOCC1. The summed E-state index contributed by atoms with van der Waals surface area (Å²) in [6, 6.07) is 6.07. The van der Waals surface area contributed by atoms with E-state index in [1.807, 2.05) is 19.0 Å². The van der Waals surface area contributed by atoms with Gasteiger partial charge in [-0.1, -0.05) is 17.7 Å². The number of amides is 1. The van der Waals surface area contributed by atoms with Crippen LogP contribution < -0.4 is 15.4 Å². The zero-order valence-electron chi connectivity index (χ0n) is 23.7. The number of likely N-dealkylation sites (N-methyl/N-ethyl adjacent to an activating group) is 1. The molecule has 220 valence electrons. The van der Waals surface area contributed by atoms with Crippen molar-refractivity contribution in [2.45, 2.75) is 19.4 Å². The monoisotopic (exact) mass is 586 g/mol.